The second-order valence-electron chi connectivity index (χ2n) is 12.0. The van der Waals surface area contributed by atoms with Crippen LogP contribution in [0, 0.1) is 0 Å². The second-order valence-corrected chi connectivity index (χ2v) is 12.0. The molecular weight excluding hydrogens is 632 g/mol. The fourth-order valence-corrected chi connectivity index (χ4v) is 5.94. The zero-order chi connectivity index (χ0) is 34.5. The van der Waals surface area contributed by atoms with E-state index in [1.807, 2.05) is 97.1 Å². The molecule has 1 saturated carbocycles. The number of ether oxygens (including phenoxy) is 6. The van der Waals surface area contributed by atoms with Crippen LogP contribution in [0.25, 0.3) is 0 Å². The maximum Gasteiger partial charge on any atom is 0.338 e. The Kier molecular flexibility index (Phi) is 12.0. The molecule has 5 atom stereocenters. The molecule has 0 N–H and O–H groups in total. The zero-order valence-electron chi connectivity index (χ0n) is 27.8. The van der Waals surface area contributed by atoms with E-state index in [9.17, 15) is 9.59 Å². The van der Waals surface area contributed by atoms with Crippen molar-refractivity contribution in [3.05, 3.63) is 173 Å². The standard InChI is InChI=1S/C42H40O8/c1-45-35-24-22-32(23-25-35)29-47-39-37(50-42(44)34-20-12-5-13-21-34)26-36(49-41(43)33-18-10-4-11-19-33)38(46-27-30-14-6-2-7-15-30)40(39)48-28-31-16-8-3-9-17-31/h2-25,36-40H,26-29H2,1H3/t36-,37+,38+,39-,40-/m1/s1. The van der Waals surface area contributed by atoms with Crippen LogP contribution in [0.2, 0.25) is 0 Å². The molecule has 50 heavy (non-hydrogen) atoms. The van der Waals surface area contributed by atoms with Crippen LogP contribution in [0.1, 0.15) is 43.8 Å². The molecule has 0 aromatic heterocycles. The minimum Gasteiger partial charge on any atom is -0.497 e. The third-order valence-corrected chi connectivity index (χ3v) is 8.55. The predicted octanol–water partition coefficient (Wildman–Crippen LogP) is 7.61. The Morgan fingerprint density at radius 2 is 0.840 bits per heavy atom. The molecule has 256 valence electrons. The maximum atomic E-state index is 13.6. The SMILES string of the molecule is COc1ccc(CO[C@H]2[C@H](OCc3ccccc3)[C@@H](OCc3ccccc3)[C@H](OC(=O)c3ccccc3)C[C@@H]2OC(=O)c2ccccc2)cc1. The fraction of sp³-hybridized carbons (Fsp3) is 0.238. The van der Waals surface area contributed by atoms with Crippen LogP contribution in [0.4, 0.5) is 0 Å². The van der Waals surface area contributed by atoms with Crippen molar-refractivity contribution in [1.29, 1.82) is 0 Å². The van der Waals surface area contributed by atoms with Gasteiger partial charge >= 0.3 is 11.9 Å². The summed E-state index contributed by atoms with van der Waals surface area (Å²) < 4.78 is 37.7. The van der Waals surface area contributed by atoms with Crippen molar-refractivity contribution in [3.63, 3.8) is 0 Å². The average Bonchev–Trinajstić information content (AvgIpc) is 3.18. The normalized spacial score (nSPS) is 20.1. The van der Waals surface area contributed by atoms with E-state index in [4.69, 9.17) is 28.4 Å². The number of carbonyl (C=O) groups excluding carboxylic acids is 2. The van der Waals surface area contributed by atoms with E-state index >= 15 is 0 Å². The van der Waals surface area contributed by atoms with E-state index in [1.54, 1.807) is 55.6 Å². The topological polar surface area (TPSA) is 89.5 Å². The Balaban J connectivity index is 1.36. The molecular formula is C42H40O8. The van der Waals surface area contributed by atoms with Gasteiger partial charge in [0.25, 0.3) is 0 Å². The van der Waals surface area contributed by atoms with Gasteiger partial charge in [-0.05, 0) is 53.1 Å². The molecule has 0 saturated heterocycles. The Hall–Kier alpha value is -5.28. The largest absolute Gasteiger partial charge is 0.497 e. The van der Waals surface area contributed by atoms with Crippen molar-refractivity contribution < 1.29 is 38.0 Å². The van der Waals surface area contributed by atoms with Gasteiger partial charge in [-0.25, -0.2) is 9.59 Å². The Bertz CT molecular complexity index is 1770. The van der Waals surface area contributed by atoms with Crippen molar-refractivity contribution in [2.45, 2.75) is 56.8 Å². The summed E-state index contributed by atoms with van der Waals surface area (Å²) in [4.78, 5) is 27.1. The van der Waals surface area contributed by atoms with Gasteiger partial charge in [0.1, 0.15) is 36.3 Å². The van der Waals surface area contributed by atoms with Gasteiger partial charge in [-0.3, -0.25) is 0 Å². The van der Waals surface area contributed by atoms with E-state index in [2.05, 4.69) is 0 Å². The second kappa shape index (κ2) is 17.4. The van der Waals surface area contributed by atoms with Gasteiger partial charge in [-0.2, -0.15) is 0 Å². The van der Waals surface area contributed by atoms with Crippen molar-refractivity contribution in [3.8, 4) is 5.75 Å². The van der Waals surface area contributed by atoms with Crippen LogP contribution in [-0.2, 0) is 43.5 Å². The highest BCUT2D eigenvalue weighted by atomic mass is 16.6. The third kappa shape index (κ3) is 9.24. The molecule has 0 amide bonds. The van der Waals surface area contributed by atoms with Gasteiger partial charge in [-0.15, -0.1) is 0 Å². The quantitative estimate of drug-likeness (QED) is 0.111. The summed E-state index contributed by atoms with van der Waals surface area (Å²) in [5.41, 5.74) is 3.55. The monoisotopic (exact) mass is 672 g/mol. The molecule has 0 bridgehead atoms. The summed E-state index contributed by atoms with van der Waals surface area (Å²) in [6.07, 6.45) is -3.96. The van der Waals surface area contributed by atoms with Gasteiger partial charge in [0.05, 0.1) is 38.1 Å². The molecule has 0 spiro atoms. The van der Waals surface area contributed by atoms with Gasteiger partial charge in [0.15, 0.2) is 0 Å². The Labute approximate surface area is 292 Å². The first-order valence-corrected chi connectivity index (χ1v) is 16.6. The van der Waals surface area contributed by atoms with Crippen LogP contribution >= 0.6 is 0 Å². The predicted molar refractivity (Wildman–Crippen MR) is 188 cm³/mol. The molecule has 5 aromatic carbocycles. The maximum absolute atomic E-state index is 13.6. The van der Waals surface area contributed by atoms with Crippen LogP contribution in [0.15, 0.2) is 146 Å². The number of rotatable bonds is 14. The lowest BCUT2D eigenvalue weighted by Gasteiger charge is -2.45. The van der Waals surface area contributed by atoms with E-state index < -0.39 is 42.5 Å². The van der Waals surface area contributed by atoms with E-state index in [0.29, 0.717) is 11.1 Å². The number of hydrogen-bond donors (Lipinski definition) is 0. The average molecular weight is 673 g/mol. The first kappa shape index (κ1) is 34.6. The lowest BCUT2D eigenvalue weighted by molar-refractivity contribution is -0.230. The first-order chi connectivity index (χ1) is 24.6. The summed E-state index contributed by atoms with van der Waals surface area (Å²) in [7, 11) is 1.62. The van der Waals surface area contributed by atoms with Crippen molar-refractivity contribution in [1.82, 2.24) is 0 Å². The number of carbonyl (C=O) groups is 2. The summed E-state index contributed by atoms with van der Waals surface area (Å²) in [5, 5.41) is 0. The molecule has 8 nitrogen and oxygen atoms in total. The molecule has 5 aromatic rings. The lowest BCUT2D eigenvalue weighted by atomic mass is 9.86. The summed E-state index contributed by atoms with van der Waals surface area (Å²) in [6, 6.07) is 44.6. The number of hydrogen-bond acceptors (Lipinski definition) is 8. The highest BCUT2D eigenvalue weighted by Gasteiger charge is 2.51. The molecule has 8 heteroatoms. The van der Waals surface area contributed by atoms with E-state index in [0.717, 1.165) is 22.4 Å². The number of methoxy groups -OCH3 is 1. The van der Waals surface area contributed by atoms with Crippen LogP contribution in [-0.4, -0.2) is 49.6 Å². The summed E-state index contributed by atoms with van der Waals surface area (Å²) >= 11 is 0. The molecule has 1 aliphatic rings. The third-order valence-electron chi connectivity index (χ3n) is 8.55. The van der Waals surface area contributed by atoms with Gasteiger partial charge in [0, 0.05) is 6.42 Å². The van der Waals surface area contributed by atoms with E-state index in [1.165, 1.54) is 0 Å². The number of benzene rings is 5. The molecule has 0 unspecified atom stereocenters. The smallest absolute Gasteiger partial charge is 0.338 e. The first-order valence-electron chi connectivity index (χ1n) is 16.6. The van der Waals surface area contributed by atoms with E-state index in [-0.39, 0.29) is 26.2 Å². The molecule has 0 radical (unpaired) electrons. The van der Waals surface area contributed by atoms with Crippen molar-refractivity contribution >= 4 is 11.9 Å². The summed E-state index contributed by atoms with van der Waals surface area (Å²) in [5.74, 6) is -0.314. The zero-order valence-corrected chi connectivity index (χ0v) is 27.8. The van der Waals surface area contributed by atoms with Gasteiger partial charge < -0.3 is 28.4 Å². The highest BCUT2D eigenvalue weighted by molar-refractivity contribution is 5.90. The van der Waals surface area contributed by atoms with Crippen molar-refractivity contribution in [2.75, 3.05) is 7.11 Å². The minimum atomic E-state index is -0.855. The Morgan fingerprint density at radius 1 is 0.480 bits per heavy atom. The number of esters is 2. The highest BCUT2D eigenvalue weighted by Crippen LogP contribution is 2.34. The Morgan fingerprint density at radius 3 is 1.24 bits per heavy atom. The molecule has 1 aliphatic carbocycles. The van der Waals surface area contributed by atoms with Gasteiger partial charge in [-0.1, -0.05) is 109 Å². The molecule has 0 aliphatic heterocycles. The van der Waals surface area contributed by atoms with Crippen LogP contribution < -0.4 is 4.74 Å². The lowest BCUT2D eigenvalue weighted by Crippen LogP contribution is -2.60. The minimum absolute atomic E-state index is 0.120. The molecule has 6 rings (SSSR count). The molecule has 0 heterocycles. The fourth-order valence-electron chi connectivity index (χ4n) is 5.94. The van der Waals surface area contributed by atoms with Crippen LogP contribution in [0.3, 0.4) is 0 Å². The van der Waals surface area contributed by atoms with Crippen LogP contribution in [0.5, 0.6) is 5.75 Å². The van der Waals surface area contributed by atoms with Gasteiger partial charge in [0.2, 0.25) is 0 Å². The van der Waals surface area contributed by atoms with Crippen molar-refractivity contribution in [2.24, 2.45) is 0 Å². The summed E-state index contributed by atoms with van der Waals surface area (Å²) in [6.45, 7) is 0.646. The molecule has 1 fully saturated rings.